The highest BCUT2D eigenvalue weighted by Crippen LogP contribution is 2.42. The van der Waals surface area contributed by atoms with E-state index < -0.39 is 0 Å². The maximum atomic E-state index is 3.67. The maximum absolute atomic E-state index is 3.67. The number of fused-ring (bicyclic) bond motifs is 9. The number of H-pyrrole nitrogens is 1. The predicted molar refractivity (Wildman–Crippen MR) is 106 cm³/mol. The Morgan fingerprint density at radius 3 is 2.38 bits per heavy atom. The van der Waals surface area contributed by atoms with E-state index in [1.54, 1.807) is 0 Å². The fourth-order valence-electron chi connectivity index (χ4n) is 3.95. The number of hydrogen-bond acceptors (Lipinski definition) is 1. The summed E-state index contributed by atoms with van der Waals surface area (Å²) in [5, 5.41) is 7.98. The van der Waals surface area contributed by atoms with E-state index in [2.05, 4.69) is 77.8 Å². The average molecular weight is 323 g/mol. The number of thiophene rings is 1. The van der Waals surface area contributed by atoms with Crippen LogP contribution in [0.15, 0.2) is 72.8 Å². The second-order valence-corrected chi connectivity index (χ2v) is 7.38. The molecule has 0 saturated heterocycles. The molecule has 6 rings (SSSR count). The SMILES string of the molecule is c1ccc2c(c1)ccc1c2[nH]c2ccc3sc4ccccc4c3c21. The summed E-state index contributed by atoms with van der Waals surface area (Å²) in [7, 11) is 0. The Morgan fingerprint density at radius 2 is 1.42 bits per heavy atom. The van der Waals surface area contributed by atoms with Crippen LogP contribution >= 0.6 is 11.3 Å². The molecule has 0 amide bonds. The number of benzene rings is 4. The van der Waals surface area contributed by atoms with Crippen LogP contribution in [0.3, 0.4) is 0 Å². The molecule has 0 spiro atoms. The highest BCUT2D eigenvalue weighted by molar-refractivity contribution is 7.26. The first kappa shape index (κ1) is 12.6. The van der Waals surface area contributed by atoms with E-state index in [4.69, 9.17) is 0 Å². The molecule has 0 radical (unpaired) electrons. The molecule has 6 aromatic rings. The van der Waals surface area contributed by atoms with E-state index in [1.807, 2.05) is 11.3 Å². The first-order valence-corrected chi connectivity index (χ1v) is 8.95. The van der Waals surface area contributed by atoms with Gasteiger partial charge in [0, 0.05) is 41.8 Å². The molecule has 0 fully saturated rings. The van der Waals surface area contributed by atoms with Gasteiger partial charge in [0.15, 0.2) is 0 Å². The van der Waals surface area contributed by atoms with Crippen LogP contribution in [0.25, 0.3) is 52.8 Å². The van der Waals surface area contributed by atoms with E-state index >= 15 is 0 Å². The molecular formula is C22H13NS. The number of hydrogen-bond donors (Lipinski definition) is 1. The molecule has 0 unspecified atom stereocenters. The van der Waals surface area contributed by atoms with Gasteiger partial charge in [-0.15, -0.1) is 11.3 Å². The first-order chi connectivity index (χ1) is 11.9. The Bertz CT molecular complexity index is 1400. The quantitative estimate of drug-likeness (QED) is 0.315. The lowest BCUT2D eigenvalue weighted by molar-refractivity contribution is 1.57. The van der Waals surface area contributed by atoms with Gasteiger partial charge >= 0.3 is 0 Å². The van der Waals surface area contributed by atoms with Crippen LogP contribution in [-0.4, -0.2) is 4.98 Å². The van der Waals surface area contributed by atoms with E-state index in [9.17, 15) is 0 Å². The molecule has 112 valence electrons. The van der Waals surface area contributed by atoms with Crippen LogP contribution in [0, 0.1) is 0 Å². The van der Waals surface area contributed by atoms with Crippen molar-refractivity contribution in [2.24, 2.45) is 0 Å². The molecule has 2 heterocycles. The summed E-state index contributed by atoms with van der Waals surface area (Å²) >= 11 is 1.88. The van der Waals surface area contributed by atoms with Crippen LogP contribution in [-0.2, 0) is 0 Å². The standard InChI is InChI=1S/C22H13NS/c1-2-6-14-13(5-1)9-10-16-20-17(23-22(14)16)11-12-19-21(20)15-7-3-4-8-18(15)24-19/h1-12,23H. The Labute approximate surface area is 142 Å². The van der Waals surface area contributed by atoms with Gasteiger partial charge in [-0.05, 0) is 23.6 Å². The monoisotopic (exact) mass is 323 g/mol. The minimum Gasteiger partial charge on any atom is -0.354 e. The van der Waals surface area contributed by atoms with Crippen molar-refractivity contribution in [3.05, 3.63) is 72.8 Å². The van der Waals surface area contributed by atoms with Crippen molar-refractivity contribution in [2.75, 3.05) is 0 Å². The van der Waals surface area contributed by atoms with Crippen molar-refractivity contribution in [1.82, 2.24) is 4.98 Å². The molecule has 0 saturated carbocycles. The van der Waals surface area contributed by atoms with E-state index in [0.29, 0.717) is 0 Å². The summed E-state index contributed by atoms with van der Waals surface area (Å²) in [4.78, 5) is 3.67. The van der Waals surface area contributed by atoms with Crippen molar-refractivity contribution in [1.29, 1.82) is 0 Å². The minimum atomic E-state index is 1.22. The zero-order valence-electron chi connectivity index (χ0n) is 12.8. The normalized spacial score (nSPS) is 12.2. The highest BCUT2D eigenvalue weighted by Gasteiger charge is 2.14. The Balaban J connectivity index is 1.95. The Morgan fingerprint density at radius 1 is 0.583 bits per heavy atom. The second kappa shape index (κ2) is 4.37. The third-order valence-electron chi connectivity index (χ3n) is 5.00. The summed E-state index contributed by atoms with van der Waals surface area (Å²) in [6.07, 6.45) is 0. The van der Waals surface area contributed by atoms with Crippen molar-refractivity contribution in [3.63, 3.8) is 0 Å². The third-order valence-corrected chi connectivity index (χ3v) is 6.14. The van der Waals surface area contributed by atoms with Gasteiger partial charge in [-0.1, -0.05) is 54.6 Å². The number of aromatic nitrogens is 1. The Hall–Kier alpha value is -2.84. The van der Waals surface area contributed by atoms with Gasteiger partial charge in [0.2, 0.25) is 0 Å². The van der Waals surface area contributed by atoms with Crippen LogP contribution in [0.1, 0.15) is 0 Å². The summed E-state index contributed by atoms with van der Waals surface area (Å²) in [6, 6.07) is 26.3. The molecule has 0 bridgehead atoms. The van der Waals surface area contributed by atoms with Gasteiger partial charge in [0.1, 0.15) is 0 Å². The van der Waals surface area contributed by atoms with Crippen molar-refractivity contribution < 1.29 is 0 Å². The van der Waals surface area contributed by atoms with Gasteiger partial charge in [0.05, 0.1) is 5.52 Å². The Kier molecular flexibility index (Phi) is 2.29. The van der Waals surface area contributed by atoms with Crippen molar-refractivity contribution >= 4 is 64.1 Å². The molecule has 0 atom stereocenters. The fraction of sp³-hybridized carbons (Fsp3) is 0. The largest absolute Gasteiger partial charge is 0.354 e. The predicted octanol–water partition coefficient (Wildman–Crippen LogP) is 6.84. The third kappa shape index (κ3) is 1.49. The van der Waals surface area contributed by atoms with Crippen LogP contribution < -0.4 is 0 Å². The maximum Gasteiger partial charge on any atom is 0.0544 e. The lowest BCUT2D eigenvalue weighted by Gasteiger charge is -1.99. The zero-order chi connectivity index (χ0) is 15.7. The van der Waals surface area contributed by atoms with E-state index in [1.165, 1.54) is 52.8 Å². The van der Waals surface area contributed by atoms with Crippen molar-refractivity contribution in [3.8, 4) is 0 Å². The molecule has 0 aliphatic rings. The summed E-state index contributed by atoms with van der Waals surface area (Å²) in [5.41, 5.74) is 2.46. The second-order valence-electron chi connectivity index (χ2n) is 6.29. The van der Waals surface area contributed by atoms with Crippen LogP contribution in [0.5, 0.6) is 0 Å². The topological polar surface area (TPSA) is 15.8 Å². The molecule has 24 heavy (non-hydrogen) atoms. The molecule has 2 aromatic heterocycles. The van der Waals surface area contributed by atoms with E-state index in [0.717, 1.165) is 0 Å². The summed E-state index contributed by atoms with van der Waals surface area (Å²) < 4.78 is 2.72. The van der Waals surface area contributed by atoms with Crippen LogP contribution in [0.2, 0.25) is 0 Å². The van der Waals surface area contributed by atoms with Gasteiger partial charge in [0.25, 0.3) is 0 Å². The summed E-state index contributed by atoms with van der Waals surface area (Å²) in [5.74, 6) is 0. The lowest BCUT2D eigenvalue weighted by Crippen LogP contribution is -1.74. The van der Waals surface area contributed by atoms with Gasteiger partial charge in [-0.2, -0.15) is 0 Å². The molecule has 1 nitrogen and oxygen atoms in total. The average Bonchev–Trinajstić information content (AvgIpc) is 3.19. The lowest BCUT2D eigenvalue weighted by atomic mass is 10.0. The smallest absolute Gasteiger partial charge is 0.0544 e. The zero-order valence-corrected chi connectivity index (χ0v) is 13.7. The highest BCUT2D eigenvalue weighted by atomic mass is 32.1. The molecule has 0 aliphatic heterocycles. The number of rotatable bonds is 0. The first-order valence-electron chi connectivity index (χ1n) is 8.13. The molecule has 4 aromatic carbocycles. The molecule has 0 aliphatic carbocycles. The molecular weight excluding hydrogens is 310 g/mol. The van der Waals surface area contributed by atoms with Gasteiger partial charge < -0.3 is 4.98 Å². The number of aromatic amines is 1. The minimum absolute atomic E-state index is 1.22. The van der Waals surface area contributed by atoms with Gasteiger partial charge in [-0.3, -0.25) is 0 Å². The summed E-state index contributed by atoms with van der Waals surface area (Å²) in [6.45, 7) is 0. The fourth-order valence-corrected chi connectivity index (χ4v) is 5.06. The molecule has 1 N–H and O–H groups in total. The van der Waals surface area contributed by atoms with E-state index in [-0.39, 0.29) is 0 Å². The molecule has 2 heteroatoms. The van der Waals surface area contributed by atoms with Crippen LogP contribution in [0.4, 0.5) is 0 Å². The van der Waals surface area contributed by atoms with Crippen molar-refractivity contribution in [2.45, 2.75) is 0 Å². The number of nitrogens with one attached hydrogen (secondary N) is 1. The van der Waals surface area contributed by atoms with Gasteiger partial charge in [-0.25, -0.2) is 0 Å².